The number of ether oxygens (including phenoxy) is 1. The first-order chi connectivity index (χ1) is 6.74. The molecule has 14 heavy (non-hydrogen) atoms. The van der Waals surface area contributed by atoms with Gasteiger partial charge in [-0.25, -0.2) is 9.78 Å². The molecule has 0 aliphatic carbocycles. The number of nitrogens with one attached hydrogen (secondary N) is 1. The average molecular weight is 192 g/mol. The Morgan fingerprint density at radius 3 is 3.07 bits per heavy atom. The second-order valence-corrected chi connectivity index (χ2v) is 2.74. The van der Waals surface area contributed by atoms with E-state index in [-0.39, 0.29) is 11.4 Å². The van der Waals surface area contributed by atoms with Crippen LogP contribution in [0.15, 0.2) is 18.3 Å². The molecule has 5 heteroatoms. The zero-order valence-electron chi connectivity index (χ0n) is 7.44. The van der Waals surface area contributed by atoms with Crippen LogP contribution < -0.4 is 0 Å². The van der Waals surface area contributed by atoms with Crippen LogP contribution in [0, 0.1) is 0 Å². The number of fused-ring (bicyclic) bond motifs is 1. The maximum atomic E-state index is 11.2. The second-order valence-electron chi connectivity index (χ2n) is 2.74. The SMILES string of the molecule is COC(=O)c1[nH]c2ncccc2c1O. The molecule has 5 nitrogen and oxygen atoms in total. The third-order valence-electron chi connectivity index (χ3n) is 1.93. The van der Waals surface area contributed by atoms with E-state index in [0.29, 0.717) is 11.0 Å². The van der Waals surface area contributed by atoms with Crippen molar-refractivity contribution in [3.8, 4) is 5.75 Å². The van der Waals surface area contributed by atoms with Gasteiger partial charge in [0, 0.05) is 6.20 Å². The quantitative estimate of drug-likeness (QED) is 0.662. The largest absolute Gasteiger partial charge is 0.505 e. The first-order valence-electron chi connectivity index (χ1n) is 3.98. The summed E-state index contributed by atoms with van der Waals surface area (Å²) >= 11 is 0. The Morgan fingerprint density at radius 2 is 2.43 bits per heavy atom. The molecule has 0 amide bonds. The Balaban J connectivity index is 2.68. The topological polar surface area (TPSA) is 75.2 Å². The van der Waals surface area contributed by atoms with Crippen LogP contribution in [0.5, 0.6) is 5.75 Å². The summed E-state index contributed by atoms with van der Waals surface area (Å²) in [4.78, 5) is 17.8. The van der Waals surface area contributed by atoms with Crippen molar-refractivity contribution in [3.63, 3.8) is 0 Å². The maximum Gasteiger partial charge on any atom is 0.358 e. The van der Waals surface area contributed by atoms with Gasteiger partial charge in [-0.05, 0) is 12.1 Å². The Morgan fingerprint density at radius 1 is 1.64 bits per heavy atom. The number of esters is 1. The lowest BCUT2D eigenvalue weighted by molar-refractivity contribution is 0.0592. The van der Waals surface area contributed by atoms with Crippen molar-refractivity contribution in [2.45, 2.75) is 0 Å². The number of rotatable bonds is 1. The molecule has 0 saturated carbocycles. The number of methoxy groups -OCH3 is 1. The molecule has 0 unspecified atom stereocenters. The number of carbonyl (C=O) groups excluding carboxylic acids is 1. The van der Waals surface area contributed by atoms with Gasteiger partial charge >= 0.3 is 5.97 Å². The fraction of sp³-hybridized carbons (Fsp3) is 0.111. The highest BCUT2D eigenvalue weighted by Crippen LogP contribution is 2.27. The van der Waals surface area contributed by atoms with Crippen LogP contribution in [-0.4, -0.2) is 28.2 Å². The number of aromatic hydroxyl groups is 1. The highest BCUT2D eigenvalue weighted by Gasteiger charge is 2.17. The van der Waals surface area contributed by atoms with E-state index < -0.39 is 5.97 Å². The minimum absolute atomic E-state index is 0.0289. The molecule has 0 aliphatic heterocycles. The maximum absolute atomic E-state index is 11.2. The first-order valence-corrected chi connectivity index (χ1v) is 3.98. The van der Waals surface area contributed by atoms with E-state index in [1.165, 1.54) is 7.11 Å². The van der Waals surface area contributed by atoms with Crippen molar-refractivity contribution >= 4 is 17.0 Å². The number of hydrogen-bond acceptors (Lipinski definition) is 4. The summed E-state index contributed by atoms with van der Waals surface area (Å²) in [5, 5.41) is 10.1. The van der Waals surface area contributed by atoms with Crippen molar-refractivity contribution in [1.82, 2.24) is 9.97 Å². The van der Waals surface area contributed by atoms with Gasteiger partial charge in [-0.3, -0.25) is 0 Å². The number of H-pyrrole nitrogens is 1. The molecular formula is C9H8N2O3. The van der Waals surface area contributed by atoms with Crippen molar-refractivity contribution in [3.05, 3.63) is 24.0 Å². The van der Waals surface area contributed by atoms with Crippen LogP contribution in [0.2, 0.25) is 0 Å². The summed E-state index contributed by atoms with van der Waals surface area (Å²) in [6.45, 7) is 0. The Kier molecular flexibility index (Phi) is 1.85. The number of pyridine rings is 1. The molecule has 0 aliphatic rings. The number of hydrogen-bond donors (Lipinski definition) is 2. The monoisotopic (exact) mass is 192 g/mol. The number of aromatic amines is 1. The Bertz CT molecular complexity index is 490. The molecule has 72 valence electrons. The smallest absolute Gasteiger partial charge is 0.358 e. The third kappa shape index (κ3) is 1.10. The molecule has 2 rings (SSSR count). The molecular weight excluding hydrogens is 184 g/mol. The second kappa shape index (κ2) is 3.02. The van der Waals surface area contributed by atoms with Crippen molar-refractivity contribution < 1.29 is 14.6 Å². The van der Waals surface area contributed by atoms with Gasteiger partial charge in [0.1, 0.15) is 5.65 Å². The summed E-state index contributed by atoms with van der Waals surface area (Å²) in [6.07, 6.45) is 1.57. The van der Waals surface area contributed by atoms with Gasteiger partial charge in [-0.2, -0.15) is 0 Å². The number of carbonyl (C=O) groups is 1. The van der Waals surface area contributed by atoms with Gasteiger partial charge in [-0.15, -0.1) is 0 Å². The third-order valence-corrected chi connectivity index (χ3v) is 1.93. The summed E-state index contributed by atoms with van der Waals surface area (Å²) in [6, 6.07) is 3.34. The summed E-state index contributed by atoms with van der Waals surface area (Å²) in [7, 11) is 1.25. The predicted molar refractivity (Wildman–Crippen MR) is 49.1 cm³/mol. The van der Waals surface area contributed by atoms with Crippen LogP contribution in [0.4, 0.5) is 0 Å². The highest BCUT2D eigenvalue weighted by molar-refractivity contribution is 5.99. The Labute approximate surface area is 79.3 Å². The first kappa shape index (κ1) is 8.55. The van der Waals surface area contributed by atoms with Gasteiger partial charge in [0.2, 0.25) is 0 Å². The van der Waals surface area contributed by atoms with E-state index in [0.717, 1.165) is 0 Å². The average Bonchev–Trinajstić information content (AvgIpc) is 2.56. The van der Waals surface area contributed by atoms with Crippen molar-refractivity contribution in [2.24, 2.45) is 0 Å². The zero-order chi connectivity index (χ0) is 10.1. The molecule has 0 fully saturated rings. The molecule has 2 heterocycles. The van der Waals surface area contributed by atoms with E-state index in [2.05, 4.69) is 14.7 Å². The molecule has 0 saturated heterocycles. The molecule has 0 bridgehead atoms. The normalized spacial score (nSPS) is 10.4. The molecule has 2 N–H and O–H groups in total. The van der Waals surface area contributed by atoms with Gasteiger partial charge in [0.05, 0.1) is 12.5 Å². The van der Waals surface area contributed by atoms with Crippen LogP contribution in [0.25, 0.3) is 11.0 Å². The molecule has 2 aromatic heterocycles. The minimum atomic E-state index is -0.611. The van der Waals surface area contributed by atoms with E-state index in [1.807, 2.05) is 0 Å². The zero-order valence-corrected chi connectivity index (χ0v) is 7.44. The molecule has 0 radical (unpaired) electrons. The molecule has 2 aromatic rings. The van der Waals surface area contributed by atoms with E-state index in [4.69, 9.17) is 0 Å². The van der Waals surface area contributed by atoms with Crippen molar-refractivity contribution in [2.75, 3.05) is 7.11 Å². The summed E-state index contributed by atoms with van der Waals surface area (Å²) in [5.74, 6) is -0.736. The number of nitrogens with zero attached hydrogens (tertiary/aromatic N) is 1. The van der Waals surface area contributed by atoms with Gasteiger partial charge < -0.3 is 14.8 Å². The lowest BCUT2D eigenvalue weighted by Gasteiger charge is -1.94. The lowest BCUT2D eigenvalue weighted by atomic mass is 10.3. The van der Waals surface area contributed by atoms with E-state index in [1.54, 1.807) is 18.3 Å². The van der Waals surface area contributed by atoms with Gasteiger partial charge in [0.25, 0.3) is 0 Å². The van der Waals surface area contributed by atoms with Gasteiger partial charge in [-0.1, -0.05) is 0 Å². The van der Waals surface area contributed by atoms with E-state index in [9.17, 15) is 9.90 Å². The fourth-order valence-corrected chi connectivity index (χ4v) is 1.26. The van der Waals surface area contributed by atoms with Crippen LogP contribution in [0.3, 0.4) is 0 Å². The van der Waals surface area contributed by atoms with Gasteiger partial charge in [0.15, 0.2) is 11.4 Å². The van der Waals surface area contributed by atoms with E-state index >= 15 is 0 Å². The highest BCUT2D eigenvalue weighted by atomic mass is 16.5. The fourth-order valence-electron chi connectivity index (χ4n) is 1.26. The standard InChI is InChI=1S/C9H8N2O3/c1-14-9(13)6-7(12)5-3-2-4-10-8(5)11-6/h2-4,12H,1H3,(H,10,11). The molecule has 0 spiro atoms. The Hall–Kier alpha value is -2.04. The minimum Gasteiger partial charge on any atom is -0.505 e. The number of aromatic nitrogens is 2. The molecule has 0 atom stereocenters. The van der Waals surface area contributed by atoms with Crippen LogP contribution >= 0.6 is 0 Å². The van der Waals surface area contributed by atoms with Crippen molar-refractivity contribution in [1.29, 1.82) is 0 Å². The predicted octanol–water partition coefficient (Wildman–Crippen LogP) is 1.06. The van der Waals surface area contributed by atoms with Crippen LogP contribution in [-0.2, 0) is 4.74 Å². The summed E-state index contributed by atoms with van der Waals surface area (Å²) < 4.78 is 4.49. The summed E-state index contributed by atoms with van der Waals surface area (Å²) in [5.41, 5.74) is 0.492. The molecule has 0 aromatic carbocycles. The van der Waals surface area contributed by atoms with Crippen LogP contribution in [0.1, 0.15) is 10.5 Å². The lowest BCUT2D eigenvalue weighted by Crippen LogP contribution is -2.01.